The second-order valence-electron chi connectivity index (χ2n) is 5.45. The van der Waals surface area contributed by atoms with Gasteiger partial charge in [-0.05, 0) is 37.4 Å². The van der Waals surface area contributed by atoms with Gasteiger partial charge in [0.2, 0.25) is 0 Å². The molecule has 0 saturated carbocycles. The molecule has 1 aromatic carbocycles. The van der Waals surface area contributed by atoms with Crippen LogP contribution in [0.4, 0.5) is 4.39 Å². The molecule has 112 valence electrons. The van der Waals surface area contributed by atoms with E-state index in [9.17, 15) is 9.18 Å². The molecule has 0 radical (unpaired) electrons. The van der Waals surface area contributed by atoms with Crippen LogP contribution in [0, 0.1) is 5.82 Å². The number of benzene rings is 1. The summed E-state index contributed by atoms with van der Waals surface area (Å²) in [5.41, 5.74) is 0. The standard InChI is InChI=1S/C15H16FNO3S/c1-15(2)19-8-11(20-15)7-17-14(18)13-5-9-3-4-10(16)6-12(9)21-13/h3-6,11H,7-8H2,1-2H3,(H,17,18). The normalized spacial score (nSPS) is 20.8. The van der Waals surface area contributed by atoms with E-state index < -0.39 is 5.79 Å². The van der Waals surface area contributed by atoms with Gasteiger partial charge >= 0.3 is 0 Å². The zero-order chi connectivity index (χ0) is 15.0. The number of ether oxygens (including phenoxy) is 2. The number of halogens is 1. The number of fused-ring (bicyclic) bond motifs is 1. The Balaban J connectivity index is 1.64. The minimum absolute atomic E-state index is 0.143. The van der Waals surface area contributed by atoms with E-state index >= 15 is 0 Å². The fourth-order valence-corrected chi connectivity index (χ4v) is 3.28. The largest absolute Gasteiger partial charge is 0.349 e. The smallest absolute Gasteiger partial charge is 0.261 e. The van der Waals surface area contributed by atoms with Gasteiger partial charge in [0.15, 0.2) is 5.79 Å². The summed E-state index contributed by atoms with van der Waals surface area (Å²) in [5.74, 6) is -1.06. The lowest BCUT2D eigenvalue weighted by Crippen LogP contribution is -2.34. The molecule has 6 heteroatoms. The summed E-state index contributed by atoms with van der Waals surface area (Å²) in [5, 5.41) is 3.70. The van der Waals surface area contributed by atoms with Crippen molar-refractivity contribution in [2.75, 3.05) is 13.2 Å². The summed E-state index contributed by atoms with van der Waals surface area (Å²) in [6, 6.07) is 6.27. The second-order valence-corrected chi connectivity index (χ2v) is 6.54. The molecule has 2 heterocycles. The molecule has 1 fully saturated rings. The number of carbonyl (C=O) groups is 1. The van der Waals surface area contributed by atoms with Crippen molar-refractivity contribution in [1.82, 2.24) is 5.32 Å². The Bertz CT molecular complexity index is 683. The lowest BCUT2D eigenvalue weighted by Gasteiger charge is -2.17. The van der Waals surface area contributed by atoms with E-state index in [1.165, 1.54) is 23.5 Å². The second kappa shape index (κ2) is 5.36. The first kappa shape index (κ1) is 14.4. The van der Waals surface area contributed by atoms with Crippen LogP contribution in [0.2, 0.25) is 0 Å². The van der Waals surface area contributed by atoms with Crippen LogP contribution in [-0.2, 0) is 9.47 Å². The number of hydrogen-bond donors (Lipinski definition) is 1. The van der Waals surface area contributed by atoms with Crippen molar-refractivity contribution in [3.63, 3.8) is 0 Å². The predicted molar refractivity (Wildman–Crippen MR) is 79.0 cm³/mol. The van der Waals surface area contributed by atoms with Gasteiger partial charge < -0.3 is 14.8 Å². The molecule has 1 amide bonds. The summed E-state index contributed by atoms with van der Waals surface area (Å²) < 4.78 is 25.0. The van der Waals surface area contributed by atoms with Gasteiger partial charge in [-0.2, -0.15) is 0 Å². The highest BCUT2D eigenvalue weighted by molar-refractivity contribution is 7.20. The Morgan fingerprint density at radius 2 is 2.29 bits per heavy atom. The zero-order valence-electron chi connectivity index (χ0n) is 11.8. The summed E-state index contributed by atoms with van der Waals surface area (Å²) >= 11 is 1.28. The molecule has 0 aliphatic carbocycles. The van der Waals surface area contributed by atoms with E-state index in [1.54, 1.807) is 12.1 Å². The monoisotopic (exact) mass is 309 g/mol. The molecule has 0 bridgehead atoms. The number of rotatable bonds is 3. The van der Waals surface area contributed by atoms with Crippen LogP contribution in [0.5, 0.6) is 0 Å². The number of carbonyl (C=O) groups excluding carboxylic acids is 1. The van der Waals surface area contributed by atoms with Crippen molar-refractivity contribution in [2.45, 2.75) is 25.7 Å². The third-order valence-electron chi connectivity index (χ3n) is 3.26. The van der Waals surface area contributed by atoms with Crippen molar-refractivity contribution in [3.05, 3.63) is 35.0 Å². The Kier molecular flexibility index (Phi) is 3.69. The topological polar surface area (TPSA) is 47.6 Å². The van der Waals surface area contributed by atoms with Gasteiger partial charge in [-0.3, -0.25) is 4.79 Å². The maximum atomic E-state index is 13.1. The highest BCUT2D eigenvalue weighted by Crippen LogP contribution is 2.26. The van der Waals surface area contributed by atoms with Crippen LogP contribution >= 0.6 is 11.3 Å². The maximum Gasteiger partial charge on any atom is 0.261 e. The highest BCUT2D eigenvalue weighted by Gasteiger charge is 2.32. The molecular weight excluding hydrogens is 293 g/mol. The Hall–Kier alpha value is -1.50. The van der Waals surface area contributed by atoms with E-state index in [-0.39, 0.29) is 17.8 Å². The first-order valence-corrected chi connectivity index (χ1v) is 7.54. The molecule has 1 atom stereocenters. The molecule has 0 spiro atoms. The minimum Gasteiger partial charge on any atom is -0.349 e. The molecule has 1 N–H and O–H groups in total. The Morgan fingerprint density at radius 3 is 3.00 bits per heavy atom. The fourth-order valence-electron chi connectivity index (χ4n) is 2.27. The van der Waals surface area contributed by atoms with Crippen molar-refractivity contribution in [2.24, 2.45) is 0 Å². The van der Waals surface area contributed by atoms with Crippen LogP contribution in [0.25, 0.3) is 10.1 Å². The molecule has 1 unspecified atom stereocenters. The summed E-state index contributed by atoms with van der Waals surface area (Å²) in [6.07, 6.45) is -0.143. The van der Waals surface area contributed by atoms with Crippen LogP contribution in [-0.4, -0.2) is 30.9 Å². The molecule has 1 aliphatic rings. The van der Waals surface area contributed by atoms with Crippen LogP contribution < -0.4 is 5.32 Å². The predicted octanol–water partition coefficient (Wildman–Crippen LogP) is 2.92. The third-order valence-corrected chi connectivity index (χ3v) is 4.36. The van der Waals surface area contributed by atoms with Crippen molar-refractivity contribution >= 4 is 27.3 Å². The van der Waals surface area contributed by atoms with E-state index in [4.69, 9.17) is 9.47 Å². The number of hydrogen-bond acceptors (Lipinski definition) is 4. The average molecular weight is 309 g/mol. The number of nitrogens with one attached hydrogen (secondary N) is 1. The van der Waals surface area contributed by atoms with E-state index in [1.807, 2.05) is 13.8 Å². The summed E-state index contributed by atoms with van der Waals surface area (Å²) in [7, 11) is 0. The minimum atomic E-state index is -0.593. The Morgan fingerprint density at radius 1 is 1.48 bits per heavy atom. The van der Waals surface area contributed by atoms with Crippen LogP contribution in [0.15, 0.2) is 24.3 Å². The summed E-state index contributed by atoms with van der Waals surface area (Å²) in [4.78, 5) is 12.7. The van der Waals surface area contributed by atoms with Gasteiger partial charge in [0.25, 0.3) is 5.91 Å². The number of amides is 1. The van der Waals surface area contributed by atoms with Gasteiger partial charge in [-0.1, -0.05) is 6.07 Å². The van der Waals surface area contributed by atoms with Crippen molar-refractivity contribution < 1.29 is 18.7 Å². The van der Waals surface area contributed by atoms with Crippen molar-refractivity contribution in [1.29, 1.82) is 0 Å². The molecule has 2 aromatic rings. The highest BCUT2D eigenvalue weighted by atomic mass is 32.1. The van der Waals surface area contributed by atoms with E-state index in [0.717, 1.165) is 10.1 Å². The van der Waals surface area contributed by atoms with Gasteiger partial charge in [0.05, 0.1) is 11.5 Å². The van der Waals surface area contributed by atoms with Gasteiger partial charge in [-0.25, -0.2) is 4.39 Å². The molecule has 1 saturated heterocycles. The first-order chi connectivity index (χ1) is 9.93. The van der Waals surface area contributed by atoms with Gasteiger partial charge in [-0.15, -0.1) is 11.3 Å². The van der Waals surface area contributed by atoms with E-state index in [0.29, 0.717) is 18.0 Å². The maximum absolute atomic E-state index is 13.1. The molecule has 1 aromatic heterocycles. The SMILES string of the molecule is CC1(C)OCC(CNC(=O)c2cc3ccc(F)cc3s2)O1. The third kappa shape index (κ3) is 3.23. The van der Waals surface area contributed by atoms with Gasteiger partial charge in [0.1, 0.15) is 11.9 Å². The van der Waals surface area contributed by atoms with Crippen molar-refractivity contribution in [3.8, 4) is 0 Å². The molecule has 3 rings (SSSR count). The lowest BCUT2D eigenvalue weighted by molar-refractivity contribution is -0.137. The molecule has 4 nitrogen and oxygen atoms in total. The van der Waals surface area contributed by atoms with Crippen LogP contribution in [0.1, 0.15) is 23.5 Å². The fraction of sp³-hybridized carbons (Fsp3) is 0.400. The zero-order valence-corrected chi connectivity index (χ0v) is 12.6. The first-order valence-electron chi connectivity index (χ1n) is 6.72. The molecule has 21 heavy (non-hydrogen) atoms. The quantitative estimate of drug-likeness (QED) is 0.948. The molecular formula is C15H16FNO3S. The average Bonchev–Trinajstić information content (AvgIpc) is 2.98. The summed E-state index contributed by atoms with van der Waals surface area (Å²) in [6.45, 7) is 4.54. The lowest BCUT2D eigenvalue weighted by atomic mass is 10.2. The molecule has 1 aliphatic heterocycles. The van der Waals surface area contributed by atoms with Crippen LogP contribution in [0.3, 0.4) is 0 Å². The Labute approximate surface area is 125 Å². The number of thiophene rings is 1. The van der Waals surface area contributed by atoms with E-state index in [2.05, 4.69) is 5.32 Å². The van der Waals surface area contributed by atoms with Gasteiger partial charge in [0, 0.05) is 11.2 Å².